The number of hydrogen-bond acceptors (Lipinski definition) is 1. The second kappa shape index (κ2) is 5.01. The van der Waals surface area contributed by atoms with Crippen LogP contribution in [0.3, 0.4) is 0 Å². The van der Waals surface area contributed by atoms with E-state index in [4.69, 9.17) is 4.42 Å². The van der Waals surface area contributed by atoms with Gasteiger partial charge in [0, 0.05) is 0 Å². The molecule has 2 aromatic rings. The van der Waals surface area contributed by atoms with Gasteiger partial charge in [-0.05, 0) is 0 Å². The van der Waals surface area contributed by atoms with Crippen molar-refractivity contribution < 1.29 is 4.42 Å². The van der Waals surface area contributed by atoms with Crippen LogP contribution in [0.15, 0.2) is 57.6 Å². The maximum absolute atomic E-state index is 5.28. The van der Waals surface area contributed by atoms with E-state index >= 15 is 0 Å². The van der Waals surface area contributed by atoms with Crippen LogP contribution in [0.1, 0.15) is 12.7 Å². The quantitative estimate of drug-likeness (QED) is 0.776. The summed E-state index contributed by atoms with van der Waals surface area (Å²) in [7, 11) is 0. The minimum absolute atomic E-state index is 0.397. The van der Waals surface area contributed by atoms with Crippen molar-refractivity contribution in [3.05, 3.63) is 59.0 Å². The normalized spacial score (nSPS) is 11.7. The van der Waals surface area contributed by atoms with Crippen molar-refractivity contribution in [2.24, 2.45) is 0 Å². The molecule has 1 aromatic carbocycles. The molecule has 0 saturated carbocycles. The molecule has 0 spiro atoms. The Morgan fingerprint density at radius 1 is 1.13 bits per heavy atom. The molecule has 2 rings (SSSR count). The molecule has 2 heteroatoms. The molecule has 0 unspecified atom stereocenters. The number of allylic oxidation sites excluding steroid dienone is 1. The summed E-state index contributed by atoms with van der Waals surface area (Å²) in [5, 5.41) is 0. The Morgan fingerprint density at radius 3 is 2.60 bits per heavy atom. The maximum atomic E-state index is 5.28. The Hall–Kier alpha value is -1.24. The van der Waals surface area contributed by atoms with E-state index in [0.29, 0.717) is 15.0 Å². The SMILES string of the molecule is C/C(=C\c1ccco1)[Se]c1ccccc1. The third kappa shape index (κ3) is 3.12. The van der Waals surface area contributed by atoms with Crippen LogP contribution in [0.2, 0.25) is 0 Å². The average molecular weight is 263 g/mol. The molecule has 0 saturated heterocycles. The summed E-state index contributed by atoms with van der Waals surface area (Å²) >= 11 is 0.397. The standard InChI is InChI=1S/C13H12OSe/c1-11(10-12-6-5-9-14-12)15-13-7-3-2-4-8-13/h2-10H,1H3/b11-10+. The topological polar surface area (TPSA) is 13.1 Å². The van der Waals surface area contributed by atoms with Gasteiger partial charge in [0.15, 0.2) is 0 Å². The molecule has 0 atom stereocenters. The van der Waals surface area contributed by atoms with Gasteiger partial charge in [0.2, 0.25) is 0 Å². The fraction of sp³-hybridized carbons (Fsp3) is 0.0769. The van der Waals surface area contributed by atoms with Crippen LogP contribution >= 0.6 is 0 Å². The van der Waals surface area contributed by atoms with E-state index in [0.717, 1.165) is 5.76 Å². The first-order valence-corrected chi connectivity index (χ1v) is 6.50. The first-order valence-electron chi connectivity index (χ1n) is 4.79. The summed E-state index contributed by atoms with van der Waals surface area (Å²) in [5.74, 6) is 0.935. The molecule has 0 N–H and O–H groups in total. The van der Waals surface area contributed by atoms with Crippen molar-refractivity contribution in [3.63, 3.8) is 0 Å². The zero-order valence-electron chi connectivity index (χ0n) is 8.51. The Labute approximate surface area is 96.0 Å². The zero-order valence-corrected chi connectivity index (χ0v) is 10.2. The van der Waals surface area contributed by atoms with E-state index in [9.17, 15) is 0 Å². The number of furan rings is 1. The van der Waals surface area contributed by atoms with Crippen LogP contribution in [0.5, 0.6) is 0 Å². The molecule has 0 aliphatic heterocycles. The second-order valence-corrected chi connectivity index (χ2v) is 5.95. The van der Waals surface area contributed by atoms with E-state index in [2.05, 4.69) is 37.3 Å². The number of benzene rings is 1. The summed E-state index contributed by atoms with van der Waals surface area (Å²) in [5.41, 5.74) is 0. The van der Waals surface area contributed by atoms with Gasteiger partial charge in [-0.2, -0.15) is 0 Å². The van der Waals surface area contributed by atoms with E-state index in [1.54, 1.807) is 6.26 Å². The van der Waals surface area contributed by atoms with Gasteiger partial charge in [-0.3, -0.25) is 0 Å². The molecular weight excluding hydrogens is 251 g/mol. The van der Waals surface area contributed by atoms with Crippen LogP contribution in [0.25, 0.3) is 6.08 Å². The molecule has 0 radical (unpaired) electrons. The minimum atomic E-state index is 0.397. The summed E-state index contributed by atoms with van der Waals surface area (Å²) in [6.07, 6.45) is 3.81. The first kappa shape index (κ1) is 10.3. The van der Waals surface area contributed by atoms with Gasteiger partial charge in [0.05, 0.1) is 0 Å². The van der Waals surface area contributed by atoms with Crippen molar-refractivity contribution in [1.29, 1.82) is 0 Å². The summed E-state index contributed by atoms with van der Waals surface area (Å²) in [6.45, 7) is 2.15. The van der Waals surface area contributed by atoms with Crippen LogP contribution in [-0.2, 0) is 0 Å². The molecule has 76 valence electrons. The Kier molecular flexibility index (Phi) is 3.44. The first-order chi connectivity index (χ1) is 7.34. The van der Waals surface area contributed by atoms with Crippen LogP contribution in [0.4, 0.5) is 0 Å². The Morgan fingerprint density at radius 2 is 1.93 bits per heavy atom. The third-order valence-corrected chi connectivity index (χ3v) is 3.90. The molecule has 0 aliphatic rings. The van der Waals surface area contributed by atoms with Gasteiger partial charge in [-0.1, -0.05) is 0 Å². The fourth-order valence-corrected chi connectivity index (χ4v) is 3.04. The van der Waals surface area contributed by atoms with Gasteiger partial charge < -0.3 is 0 Å². The van der Waals surface area contributed by atoms with E-state index < -0.39 is 0 Å². The van der Waals surface area contributed by atoms with Crippen molar-refractivity contribution in [2.45, 2.75) is 6.92 Å². The Bertz CT molecular complexity index is 429. The predicted molar refractivity (Wildman–Crippen MR) is 64.2 cm³/mol. The van der Waals surface area contributed by atoms with Gasteiger partial charge >= 0.3 is 95.8 Å². The van der Waals surface area contributed by atoms with E-state index in [-0.39, 0.29) is 0 Å². The third-order valence-electron chi connectivity index (χ3n) is 1.91. The molecule has 0 bridgehead atoms. The van der Waals surface area contributed by atoms with Crippen LogP contribution in [0, 0.1) is 0 Å². The van der Waals surface area contributed by atoms with Crippen molar-refractivity contribution in [1.82, 2.24) is 0 Å². The summed E-state index contributed by atoms with van der Waals surface area (Å²) < 4.78 is 8.03. The van der Waals surface area contributed by atoms with E-state index in [1.165, 1.54) is 8.93 Å². The van der Waals surface area contributed by atoms with Crippen molar-refractivity contribution in [2.75, 3.05) is 0 Å². The number of rotatable bonds is 3. The molecule has 1 nitrogen and oxygen atoms in total. The van der Waals surface area contributed by atoms with Gasteiger partial charge in [-0.25, -0.2) is 0 Å². The molecule has 0 aliphatic carbocycles. The summed E-state index contributed by atoms with van der Waals surface area (Å²) in [6, 6.07) is 14.4. The molecule has 15 heavy (non-hydrogen) atoms. The molecule has 1 heterocycles. The molecule has 1 aromatic heterocycles. The molecule has 0 fully saturated rings. The van der Waals surface area contributed by atoms with Gasteiger partial charge in [-0.15, -0.1) is 0 Å². The fourth-order valence-electron chi connectivity index (χ4n) is 1.28. The second-order valence-electron chi connectivity index (χ2n) is 3.19. The zero-order chi connectivity index (χ0) is 10.5. The number of hydrogen-bond donors (Lipinski definition) is 0. The molecule has 0 amide bonds. The predicted octanol–water partition coefficient (Wildman–Crippen LogP) is 2.67. The van der Waals surface area contributed by atoms with Crippen LogP contribution < -0.4 is 4.46 Å². The van der Waals surface area contributed by atoms with Crippen molar-refractivity contribution in [3.8, 4) is 0 Å². The van der Waals surface area contributed by atoms with Gasteiger partial charge in [0.25, 0.3) is 0 Å². The molecular formula is C13H12OSe. The van der Waals surface area contributed by atoms with Gasteiger partial charge in [0.1, 0.15) is 0 Å². The van der Waals surface area contributed by atoms with E-state index in [1.807, 2.05) is 18.2 Å². The van der Waals surface area contributed by atoms with Crippen molar-refractivity contribution >= 4 is 25.5 Å². The summed E-state index contributed by atoms with van der Waals surface area (Å²) in [4.78, 5) is 0. The van der Waals surface area contributed by atoms with Crippen LogP contribution in [-0.4, -0.2) is 15.0 Å². The average Bonchev–Trinajstić information content (AvgIpc) is 2.71. The monoisotopic (exact) mass is 264 g/mol. The Balaban J connectivity index is 2.07.